The van der Waals surface area contributed by atoms with Gasteiger partial charge in [-0.3, -0.25) is 0 Å². The Labute approximate surface area is 106 Å². The minimum atomic E-state index is -0.0797. The SMILES string of the molecule is CCOC1(C(N)CCC(C)(C)OC)CCCC1. The number of methoxy groups -OCH3 is 1. The van der Waals surface area contributed by atoms with Crippen LogP contribution in [-0.4, -0.2) is 31.0 Å². The van der Waals surface area contributed by atoms with Crippen LogP contribution in [0.15, 0.2) is 0 Å². The highest BCUT2D eigenvalue weighted by molar-refractivity contribution is 4.96. The van der Waals surface area contributed by atoms with Crippen LogP contribution < -0.4 is 5.73 Å². The molecular formula is C14H29NO2. The standard InChI is InChI=1S/C14H29NO2/c1-5-17-14(9-6-7-10-14)12(15)8-11-13(2,3)16-4/h12H,5-11,15H2,1-4H3. The summed E-state index contributed by atoms with van der Waals surface area (Å²) < 4.78 is 11.4. The molecule has 0 radical (unpaired) electrons. The maximum Gasteiger partial charge on any atom is 0.0832 e. The van der Waals surface area contributed by atoms with Crippen molar-refractivity contribution in [3.8, 4) is 0 Å². The van der Waals surface area contributed by atoms with E-state index in [0.717, 1.165) is 32.3 Å². The number of nitrogens with two attached hydrogens (primary N) is 1. The average molecular weight is 243 g/mol. The fourth-order valence-corrected chi connectivity index (χ4v) is 2.75. The highest BCUT2D eigenvalue weighted by atomic mass is 16.5. The Morgan fingerprint density at radius 1 is 1.29 bits per heavy atom. The maximum absolute atomic E-state index is 6.38. The quantitative estimate of drug-likeness (QED) is 0.748. The molecule has 0 aromatic heterocycles. The van der Waals surface area contributed by atoms with Gasteiger partial charge in [0.15, 0.2) is 0 Å². The maximum atomic E-state index is 6.38. The van der Waals surface area contributed by atoms with E-state index in [-0.39, 0.29) is 17.2 Å². The summed E-state index contributed by atoms with van der Waals surface area (Å²) in [7, 11) is 1.76. The molecule has 1 unspecified atom stereocenters. The molecule has 3 heteroatoms. The van der Waals surface area contributed by atoms with Gasteiger partial charge >= 0.3 is 0 Å². The van der Waals surface area contributed by atoms with Crippen LogP contribution in [0, 0.1) is 0 Å². The number of hydrogen-bond acceptors (Lipinski definition) is 3. The molecule has 0 heterocycles. The lowest BCUT2D eigenvalue weighted by Crippen LogP contribution is -2.49. The van der Waals surface area contributed by atoms with Crippen LogP contribution in [0.3, 0.4) is 0 Å². The molecule has 2 N–H and O–H groups in total. The van der Waals surface area contributed by atoms with Crippen molar-refractivity contribution < 1.29 is 9.47 Å². The Kier molecular flexibility index (Phi) is 5.42. The van der Waals surface area contributed by atoms with Gasteiger partial charge in [-0.2, -0.15) is 0 Å². The summed E-state index contributed by atoms with van der Waals surface area (Å²) in [6.07, 6.45) is 6.70. The Balaban J connectivity index is 2.51. The van der Waals surface area contributed by atoms with Gasteiger partial charge in [0, 0.05) is 19.8 Å². The molecule has 1 saturated carbocycles. The van der Waals surface area contributed by atoms with Crippen LogP contribution >= 0.6 is 0 Å². The predicted octanol–water partition coefficient (Wildman–Crippen LogP) is 2.87. The molecule has 0 bridgehead atoms. The second-order valence-corrected chi connectivity index (χ2v) is 5.81. The Morgan fingerprint density at radius 2 is 1.88 bits per heavy atom. The second kappa shape index (κ2) is 6.17. The molecule has 102 valence electrons. The fourth-order valence-electron chi connectivity index (χ4n) is 2.75. The molecule has 1 rings (SSSR count). The first kappa shape index (κ1) is 14.9. The first-order chi connectivity index (χ1) is 7.96. The largest absolute Gasteiger partial charge is 0.379 e. The molecule has 3 nitrogen and oxygen atoms in total. The second-order valence-electron chi connectivity index (χ2n) is 5.81. The molecule has 1 aliphatic carbocycles. The summed E-state index contributed by atoms with van der Waals surface area (Å²) in [4.78, 5) is 0. The van der Waals surface area contributed by atoms with E-state index in [1.807, 2.05) is 0 Å². The summed E-state index contributed by atoms with van der Waals surface area (Å²) in [6.45, 7) is 7.05. The van der Waals surface area contributed by atoms with E-state index in [1.54, 1.807) is 7.11 Å². The topological polar surface area (TPSA) is 44.5 Å². The van der Waals surface area contributed by atoms with Crippen molar-refractivity contribution in [1.29, 1.82) is 0 Å². The fraction of sp³-hybridized carbons (Fsp3) is 1.00. The minimum absolute atomic E-state index is 0.0570. The first-order valence-electron chi connectivity index (χ1n) is 6.90. The molecule has 1 fully saturated rings. The zero-order valence-corrected chi connectivity index (χ0v) is 11.9. The summed E-state index contributed by atoms with van der Waals surface area (Å²) in [5, 5.41) is 0. The normalized spacial score (nSPS) is 21.7. The van der Waals surface area contributed by atoms with E-state index in [4.69, 9.17) is 15.2 Å². The lowest BCUT2D eigenvalue weighted by atomic mass is 9.86. The van der Waals surface area contributed by atoms with Crippen molar-refractivity contribution in [2.24, 2.45) is 5.73 Å². The summed E-state index contributed by atoms with van der Waals surface area (Å²) in [6, 6.07) is 0.138. The number of ether oxygens (including phenoxy) is 2. The van der Waals surface area contributed by atoms with Gasteiger partial charge in [0.05, 0.1) is 11.2 Å². The molecule has 0 aromatic rings. The van der Waals surface area contributed by atoms with Gasteiger partial charge in [0.1, 0.15) is 0 Å². The molecule has 0 saturated heterocycles. The van der Waals surface area contributed by atoms with Gasteiger partial charge in [0.25, 0.3) is 0 Å². The van der Waals surface area contributed by atoms with E-state index in [0.29, 0.717) is 0 Å². The smallest absolute Gasteiger partial charge is 0.0832 e. The van der Waals surface area contributed by atoms with Crippen LogP contribution in [0.4, 0.5) is 0 Å². The average Bonchev–Trinajstić information content (AvgIpc) is 2.76. The Morgan fingerprint density at radius 3 is 2.35 bits per heavy atom. The van der Waals surface area contributed by atoms with E-state index in [2.05, 4.69) is 20.8 Å². The predicted molar refractivity (Wildman–Crippen MR) is 71.1 cm³/mol. The molecule has 1 aliphatic rings. The molecule has 1 atom stereocenters. The molecule has 0 aromatic carbocycles. The van der Waals surface area contributed by atoms with Crippen molar-refractivity contribution in [2.45, 2.75) is 76.5 Å². The molecule has 0 aliphatic heterocycles. The van der Waals surface area contributed by atoms with E-state index in [9.17, 15) is 0 Å². The van der Waals surface area contributed by atoms with E-state index >= 15 is 0 Å². The monoisotopic (exact) mass is 243 g/mol. The van der Waals surface area contributed by atoms with E-state index in [1.165, 1.54) is 12.8 Å². The molecule has 17 heavy (non-hydrogen) atoms. The zero-order chi connectivity index (χ0) is 12.9. The highest BCUT2D eigenvalue weighted by Gasteiger charge is 2.40. The van der Waals surface area contributed by atoms with Crippen molar-refractivity contribution in [1.82, 2.24) is 0 Å². The van der Waals surface area contributed by atoms with Gasteiger partial charge < -0.3 is 15.2 Å². The van der Waals surface area contributed by atoms with Crippen LogP contribution in [0.1, 0.15) is 59.3 Å². The number of hydrogen-bond donors (Lipinski definition) is 1. The molecule has 0 spiro atoms. The third-order valence-electron chi connectivity index (χ3n) is 4.17. The summed E-state index contributed by atoms with van der Waals surface area (Å²) >= 11 is 0. The Bertz CT molecular complexity index is 222. The highest BCUT2D eigenvalue weighted by Crippen LogP contribution is 2.37. The lowest BCUT2D eigenvalue weighted by Gasteiger charge is -2.36. The summed E-state index contributed by atoms with van der Waals surface area (Å²) in [5.41, 5.74) is 6.24. The van der Waals surface area contributed by atoms with Gasteiger partial charge in [-0.05, 0) is 46.5 Å². The van der Waals surface area contributed by atoms with Crippen LogP contribution in [-0.2, 0) is 9.47 Å². The van der Waals surface area contributed by atoms with Gasteiger partial charge in [-0.25, -0.2) is 0 Å². The zero-order valence-electron chi connectivity index (χ0n) is 11.9. The van der Waals surface area contributed by atoms with E-state index < -0.39 is 0 Å². The minimum Gasteiger partial charge on any atom is -0.379 e. The Hall–Kier alpha value is -0.120. The van der Waals surface area contributed by atoms with Crippen molar-refractivity contribution >= 4 is 0 Å². The lowest BCUT2D eigenvalue weighted by molar-refractivity contribution is -0.0611. The third-order valence-corrected chi connectivity index (χ3v) is 4.17. The van der Waals surface area contributed by atoms with Crippen LogP contribution in [0.25, 0.3) is 0 Å². The summed E-state index contributed by atoms with van der Waals surface area (Å²) in [5.74, 6) is 0. The van der Waals surface area contributed by atoms with Gasteiger partial charge in [-0.15, -0.1) is 0 Å². The van der Waals surface area contributed by atoms with Gasteiger partial charge in [0.2, 0.25) is 0 Å². The van der Waals surface area contributed by atoms with Crippen molar-refractivity contribution in [3.63, 3.8) is 0 Å². The van der Waals surface area contributed by atoms with Crippen LogP contribution in [0.5, 0.6) is 0 Å². The van der Waals surface area contributed by atoms with Gasteiger partial charge in [-0.1, -0.05) is 12.8 Å². The van der Waals surface area contributed by atoms with Crippen LogP contribution in [0.2, 0.25) is 0 Å². The third kappa shape index (κ3) is 3.94. The van der Waals surface area contributed by atoms with Crippen molar-refractivity contribution in [2.75, 3.05) is 13.7 Å². The number of rotatable bonds is 7. The molecule has 0 amide bonds. The first-order valence-corrected chi connectivity index (χ1v) is 6.90. The van der Waals surface area contributed by atoms with Crippen molar-refractivity contribution in [3.05, 3.63) is 0 Å². The molecular weight excluding hydrogens is 214 g/mol.